The van der Waals surface area contributed by atoms with Crippen molar-refractivity contribution >= 4 is 5.97 Å². The zero-order valence-corrected chi connectivity index (χ0v) is 12.7. The zero-order chi connectivity index (χ0) is 14.5. The van der Waals surface area contributed by atoms with Crippen molar-refractivity contribution in [1.29, 1.82) is 0 Å². The smallest absolute Gasteiger partial charge is 0.308 e. The number of esters is 1. The van der Waals surface area contributed by atoms with Gasteiger partial charge < -0.3 is 4.74 Å². The Balaban J connectivity index is 1.93. The summed E-state index contributed by atoms with van der Waals surface area (Å²) >= 11 is 0. The molecule has 1 aliphatic heterocycles. The molecule has 20 heavy (non-hydrogen) atoms. The van der Waals surface area contributed by atoms with Crippen LogP contribution in [0.4, 0.5) is 0 Å². The van der Waals surface area contributed by atoms with Crippen molar-refractivity contribution < 1.29 is 9.53 Å². The molecule has 0 radical (unpaired) electrons. The van der Waals surface area contributed by atoms with Gasteiger partial charge in [-0.25, -0.2) is 0 Å². The third kappa shape index (κ3) is 3.40. The van der Waals surface area contributed by atoms with E-state index in [1.165, 1.54) is 5.56 Å². The molecular weight excluding hydrogens is 250 g/mol. The van der Waals surface area contributed by atoms with Crippen molar-refractivity contribution in [3.05, 3.63) is 35.9 Å². The Hall–Kier alpha value is -1.35. The lowest BCUT2D eigenvalue weighted by atomic mass is 9.93. The number of rotatable bonds is 5. The molecule has 0 spiro atoms. The van der Waals surface area contributed by atoms with Gasteiger partial charge in [0.1, 0.15) is 0 Å². The SMILES string of the molecule is CCOC(=O)[C@H](C)[C@H]1CCN([C@H](C)c2ccccc2)C1. The molecule has 0 saturated carbocycles. The van der Waals surface area contributed by atoms with Gasteiger partial charge in [-0.2, -0.15) is 0 Å². The molecule has 3 heteroatoms. The van der Waals surface area contributed by atoms with Gasteiger partial charge in [0.15, 0.2) is 0 Å². The van der Waals surface area contributed by atoms with Crippen LogP contribution >= 0.6 is 0 Å². The monoisotopic (exact) mass is 275 g/mol. The number of benzene rings is 1. The maximum absolute atomic E-state index is 11.8. The van der Waals surface area contributed by atoms with E-state index in [-0.39, 0.29) is 11.9 Å². The fourth-order valence-electron chi connectivity index (χ4n) is 2.98. The van der Waals surface area contributed by atoms with Crippen molar-refractivity contribution in [1.82, 2.24) is 4.90 Å². The molecule has 0 amide bonds. The second kappa shape index (κ2) is 6.89. The van der Waals surface area contributed by atoms with Gasteiger partial charge in [-0.1, -0.05) is 37.3 Å². The van der Waals surface area contributed by atoms with Crippen molar-refractivity contribution in [2.24, 2.45) is 11.8 Å². The van der Waals surface area contributed by atoms with Gasteiger partial charge in [0.25, 0.3) is 0 Å². The molecule has 1 aromatic rings. The molecule has 1 saturated heterocycles. The first kappa shape index (κ1) is 15.0. The maximum Gasteiger partial charge on any atom is 0.308 e. The van der Waals surface area contributed by atoms with E-state index in [1.54, 1.807) is 0 Å². The minimum atomic E-state index is -0.0493. The van der Waals surface area contributed by atoms with Crippen LogP contribution < -0.4 is 0 Å². The van der Waals surface area contributed by atoms with Crippen LogP contribution in [-0.4, -0.2) is 30.6 Å². The highest BCUT2D eigenvalue weighted by Crippen LogP contribution is 2.31. The second-order valence-corrected chi connectivity index (χ2v) is 5.67. The van der Waals surface area contributed by atoms with Crippen LogP contribution in [-0.2, 0) is 9.53 Å². The Labute approximate surface area is 121 Å². The predicted molar refractivity (Wildman–Crippen MR) is 80.3 cm³/mol. The lowest BCUT2D eigenvalue weighted by molar-refractivity contribution is -0.149. The average Bonchev–Trinajstić information content (AvgIpc) is 2.96. The van der Waals surface area contributed by atoms with Gasteiger partial charge in [0.05, 0.1) is 12.5 Å². The quantitative estimate of drug-likeness (QED) is 0.772. The van der Waals surface area contributed by atoms with Crippen LogP contribution in [0.15, 0.2) is 30.3 Å². The fourth-order valence-corrected chi connectivity index (χ4v) is 2.98. The molecule has 1 aromatic carbocycles. The first-order valence-corrected chi connectivity index (χ1v) is 7.59. The third-order valence-corrected chi connectivity index (χ3v) is 4.45. The van der Waals surface area contributed by atoms with Crippen molar-refractivity contribution in [3.63, 3.8) is 0 Å². The summed E-state index contributed by atoms with van der Waals surface area (Å²) in [5.74, 6) is 0.370. The van der Waals surface area contributed by atoms with E-state index in [0.717, 1.165) is 19.5 Å². The Kier molecular flexibility index (Phi) is 5.18. The highest BCUT2D eigenvalue weighted by molar-refractivity contribution is 5.72. The molecule has 0 bridgehead atoms. The number of carbonyl (C=O) groups is 1. The summed E-state index contributed by atoms with van der Waals surface area (Å²) in [5, 5.41) is 0. The molecule has 1 heterocycles. The summed E-state index contributed by atoms with van der Waals surface area (Å²) in [6.45, 7) is 8.62. The third-order valence-electron chi connectivity index (χ3n) is 4.45. The molecule has 3 nitrogen and oxygen atoms in total. The topological polar surface area (TPSA) is 29.5 Å². The van der Waals surface area contributed by atoms with E-state index in [9.17, 15) is 4.79 Å². The molecule has 0 N–H and O–H groups in total. The number of hydrogen-bond acceptors (Lipinski definition) is 3. The second-order valence-electron chi connectivity index (χ2n) is 5.67. The summed E-state index contributed by atoms with van der Waals surface area (Å²) < 4.78 is 5.14. The van der Waals surface area contributed by atoms with Crippen LogP contribution in [0.1, 0.15) is 38.8 Å². The largest absolute Gasteiger partial charge is 0.466 e. The van der Waals surface area contributed by atoms with E-state index in [1.807, 2.05) is 19.9 Å². The van der Waals surface area contributed by atoms with E-state index < -0.39 is 0 Å². The average molecular weight is 275 g/mol. The zero-order valence-electron chi connectivity index (χ0n) is 12.7. The van der Waals surface area contributed by atoms with Crippen molar-refractivity contribution in [3.8, 4) is 0 Å². The molecule has 0 aliphatic carbocycles. The van der Waals surface area contributed by atoms with Crippen LogP contribution in [0.2, 0.25) is 0 Å². The number of carbonyl (C=O) groups excluding carboxylic acids is 1. The Bertz CT molecular complexity index is 432. The van der Waals surface area contributed by atoms with Crippen LogP contribution in [0.5, 0.6) is 0 Å². The number of nitrogens with zero attached hydrogens (tertiary/aromatic N) is 1. The van der Waals surface area contributed by atoms with Gasteiger partial charge in [-0.15, -0.1) is 0 Å². The fraction of sp³-hybridized carbons (Fsp3) is 0.588. The molecular formula is C17H25NO2. The normalized spacial score (nSPS) is 22.4. The Morgan fingerprint density at radius 2 is 2.05 bits per heavy atom. The van der Waals surface area contributed by atoms with E-state index >= 15 is 0 Å². The Morgan fingerprint density at radius 1 is 1.35 bits per heavy atom. The highest BCUT2D eigenvalue weighted by atomic mass is 16.5. The van der Waals surface area contributed by atoms with Crippen LogP contribution in [0.3, 0.4) is 0 Å². The van der Waals surface area contributed by atoms with Crippen molar-refractivity contribution in [2.45, 2.75) is 33.2 Å². The molecule has 1 aliphatic rings. The van der Waals surface area contributed by atoms with Crippen LogP contribution in [0.25, 0.3) is 0 Å². The molecule has 0 aromatic heterocycles. The molecule has 110 valence electrons. The standard InChI is InChI=1S/C17H25NO2/c1-4-20-17(19)13(2)16-10-11-18(12-16)14(3)15-8-6-5-7-9-15/h5-9,13-14,16H,4,10-12H2,1-3H3/t13-,14-,16+/m1/s1. The highest BCUT2D eigenvalue weighted by Gasteiger charge is 2.33. The number of hydrogen-bond donors (Lipinski definition) is 0. The van der Waals surface area contributed by atoms with Crippen LogP contribution in [0, 0.1) is 11.8 Å². The molecule has 1 fully saturated rings. The number of likely N-dealkylation sites (tertiary alicyclic amines) is 1. The number of ether oxygens (including phenoxy) is 1. The summed E-state index contributed by atoms with van der Waals surface area (Å²) in [6.07, 6.45) is 1.08. The summed E-state index contributed by atoms with van der Waals surface area (Å²) in [5.41, 5.74) is 1.34. The summed E-state index contributed by atoms with van der Waals surface area (Å²) in [7, 11) is 0. The minimum Gasteiger partial charge on any atom is -0.466 e. The minimum absolute atomic E-state index is 0.00271. The van der Waals surface area contributed by atoms with Gasteiger partial charge in [-0.3, -0.25) is 9.69 Å². The molecule has 3 atom stereocenters. The van der Waals surface area contributed by atoms with Crippen molar-refractivity contribution in [2.75, 3.05) is 19.7 Å². The molecule has 0 unspecified atom stereocenters. The van der Waals surface area contributed by atoms with E-state index in [0.29, 0.717) is 18.6 Å². The lowest BCUT2D eigenvalue weighted by Gasteiger charge is -2.25. The van der Waals surface area contributed by atoms with Gasteiger partial charge in [-0.05, 0) is 38.3 Å². The first-order chi connectivity index (χ1) is 9.63. The van der Waals surface area contributed by atoms with Gasteiger partial charge in [0, 0.05) is 12.6 Å². The van der Waals surface area contributed by atoms with Gasteiger partial charge in [0.2, 0.25) is 0 Å². The predicted octanol–water partition coefficient (Wildman–Crippen LogP) is 3.27. The van der Waals surface area contributed by atoms with E-state index in [4.69, 9.17) is 4.74 Å². The van der Waals surface area contributed by atoms with E-state index in [2.05, 4.69) is 36.1 Å². The molecule has 2 rings (SSSR count). The maximum atomic E-state index is 11.8. The Morgan fingerprint density at radius 3 is 2.70 bits per heavy atom. The van der Waals surface area contributed by atoms with Gasteiger partial charge >= 0.3 is 5.97 Å². The summed E-state index contributed by atoms with van der Waals surface area (Å²) in [6, 6.07) is 11.0. The first-order valence-electron chi connectivity index (χ1n) is 7.59. The lowest BCUT2D eigenvalue weighted by Crippen LogP contribution is -2.28. The summed E-state index contributed by atoms with van der Waals surface area (Å²) in [4.78, 5) is 14.3.